The van der Waals surface area contributed by atoms with Crippen molar-refractivity contribution in [1.82, 2.24) is 10.2 Å². The number of nitrogen functional groups attached to an aromatic ring is 1. The van der Waals surface area contributed by atoms with E-state index in [0.717, 1.165) is 48.2 Å². The Balaban J connectivity index is 0. The van der Waals surface area contributed by atoms with E-state index in [1.807, 2.05) is 61.5 Å². The van der Waals surface area contributed by atoms with Crippen LogP contribution in [0.5, 0.6) is 0 Å². The van der Waals surface area contributed by atoms with Crippen molar-refractivity contribution in [3.8, 4) is 0 Å². The summed E-state index contributed by atoms with van der Waals surface area (Å²) in [6.45, 7) is 16.0. The summed E-state index contributed by atoms with van der Waals surface area (Å²) in [7, 11) is 5.41. The molecule has 0 heterocycles. The summed E-state index contributed by atoms with van der Waals surface area (Å²) in [6, 6.07) is 11.8. The molecule has 0 radical (unpaired) electrons. The molecule has 6 heteroatoms. The average molecular weight is 538 g/mol. The number of carbonyl (C=O) groups is 1. The van der Waals surface area contributed by atoms with Crippen LogP contribution in [0.3, 0.4) is 0 Å². The number of hydrogen-bond donors (Lipinski definition) is 3. The predicted octanol–water partition coefficient (Wildman–Crippen LogP) is 6.82. The molecule has 6 nitrogen and oxygen atoms in total. The van der Waals surface area contributed by atoms with Gasteiger partial charge in [0.1, 0.15) is 6.79 Å². The second kappa shape index (κ2) is 17.9. The first-order chi connectivity index (χ1) is 18.7. The van der Waals surface area contributed by atoms with Gasteiger partial charge in [0.15, 0.2) is 0 Å². The lowest BCUT2D eigenvalue weighted by molar-refractivity contribution is 0.0325. The molecule has 0 unspecified atom stereocenters. The van der Waals surface area contributed by atoms with Crippen molar-refractivity contribution >= 4 is 28.8 Å². The minimum absolute atomic E-state index is 0. The summed E-state index contributed by atoms with van der Waals surface area (Å²) in [4.78, 5) is 14.5. The first-order valence-corrected chi connectivity index (χ1v) is 13.4. The standard InChI is InChI=1S/C31H41N3O.C2H6O2.2H2/c1-8-11-13-28-29(32)19-14-22(4)30(28)27(12-9-2)26(10-3)23(5)24-15-17-25(18-16-24)31(35)33-20-21-34(6)7;1-4-2-3;;/h8,11,13-19H,1,5,9-10,12,20-21,32H2,2-4,6-7H3,(H,33,35);3H,2H2,1H3;2*1H/b13-11?,27-26-;;;. The van der Waals surface area contributed by atoms with Crippen molar-refractivity contribution in [2.75, 3.05) is 46.8 Å². The number of rotatable bonds is 13. The molecule has 0 saturated heterocycles. The van der Waals surface area contributed by atoms with Gasteiger partial charge in [-0.2, -0.15) is 0 Å². The van der Waals surface area contributed by atoms with Gasteiger partial charge in [-0.15, -0.1) is 0 Å². The number of nitrogens with two attached hydrogens (primary N) is 1. The number of allylic oxidation sites excluding steroid dienone is 5. The van der Waals surface area contributed by atoms with Gasteiger partial charge in [0, 0.05) is 39.9 Å². The van der Waals surface area contributed by atoms with E-state index < -0.39 is 0 Å². The molecule has 2 aromatic carbocycles. The van der Waals surface area contributed by atoms with E-state index in [4.69, 9.17) is 10.8 Å². The average Bonchev–Trinajstić information content (AvgIpc) is 2.93. The van der Waals surface area contributed by atoms with E-state index in [1.54, 1.807) is 6.08 Å². The molecule has 2 rings (SSSR count). The molecule has 1 amide bonds. The first kappa shape index (κ1) is 33.6. The smallest absolute Gasteiger partial charge is 0.251 e. The van der Waals surface area contributed by atoms with Crippen molar-refractivity contribution in [3.05, 3.63) is 95.1 Å². The number of benzene rings is 2. The van der Waals surface area contributed by atoms with Crippen LogP contribution in [0.15, 0.2) is 67.3 Å². The van der Waals surface area contributed by atoms with Crippen molar-refractivity contribution in [3.63, 3.8) is 0 Å². The lowest BCUT2D eigenvalue weighted by atomic mass is 9.83. The zero-order valence-corrected chi connectivity index (χ0v) is 24.6. The van der Waals surface area contributed by atoms with Gasteiger partial charge in [0.2, 0.25) is 0 Å². The van der Waals surface area contributed by atoms with Gasteiger partial charge in [-0.05, 0) is 85.5 Å². The van der Waals surface area contributed by atoms with Gasteiger partial charge in [-0.25, -0.2) is 0 Å². The normalized spacial score (nSPS) is 11.6. The molecular formula is C33H51N3O3. The number of amides is 1. The fraction of sp³-hybridized carbons (Fsp3) is 0.364. The fourth-order valence-corrected chi connectivity index (χ4v) is 4.27. The largest absolute Gasteiger partial charge is 0.398 e. The highest BCUT2D eigenvalue weighted by Gasteiger charge is 2.18. The van der Waals surface area contributed by atoms with Gasteiger partial charge >= 0.3 is 0 Å². The van der Waals surface area contributed by atoms with Crippen molar-refractivity contribution in [1.29, 1.82) is 0 Å². The molecule has 0 atom stereocenters. The zero-order chi connectivity index (χ0) is 29.4. The molecule has 0 saturated carbocycles. The molecule has 39 heavy (non-hydrogen) atoms. The van der Waals surface area contributed by atoms with Crippen LogP contribution in [0.25, 0.3) is 17.2 Å². The molecule has 0 spiro atoms. The maximum Gasteiger partial charge on any atom is 0.251 e. The van der Waals surface area contributed by atoms with Gasteiger partial charge in [0.05, 0.1) is 0 Å². The molecule has 0 aromatic heterocycles. The van der Waals surface area contributed by atoms with Gasteiger partial charge in [-0.3, -0.25) is 4.79 Å². The SMILES string of the molecule is C=CC=Cc1c(N)ccc(C)c1/C(CCC)=C(/CC)C(=C)c1ccc(C(=O)NCCN(C)C)cc1.COCO.[HH].[HH]. The van der Waals surface area contributed by atoms with E-state index in [1.165, 1.54) is 29.4 Å². The highest BCUT2D eigenvalue weighted by molar-refractivity contribution is 5.96. The molecule has 0 bridgehead atoms. The summed E-state index contributed by atoms with van der Waals surface area (Å²) in [5, 5.41) is 10.6. The monoisotopic (exact) mass is 537 g/mol. The molecule has 0 fully saturated rings. The number of ether oxygens (including phenoxy) is 1. The molecule has 0 aliphatic carbocycles. The Hall–Kier alpha value is -3.45. The van der Waals surface area contributed by atoms with E-state index in [0.29, 0.717) is 12.1 Å². The van der Waals surface area contributed by atoms with Crippen LogP contribution < -0.4 is 11.1 Å². The number of anilines is 1. The Morgan fingerprint density at radius 3 is 2.28 bits per heavy atom. The third-order valence-electron chi connectivity index (χ3n) is 6.24. The van der Waals surface area contributed by atoms with Crippen molar-refractivity contribution < 1.29 is 17.5 Å². The fourth-order valence-electron chi connectivity index (χ4n) is 4.27. The predicted molar refractivity (Wildman–Crippen MR) is 172 cm³/mol. The minimum atomic E-state index is -0.181. The topological polar surface area (TPSA) is 87.8 Å². The summed E-state index contributed by atoms with van der Waals surface area (Å²) in [5.41, 5.74) is 15.7. The van der Waals surface area contributed by atoms with E-state index >= 15 is 0 Å². The second-order valence-electron chi connectivity index (χ2n) is 9.45. The third kappa shape index (κ3) is 10.3. The summed E-state index contributed by atoms with van der Waals surface area (Å²) < 4.78 is 4.10. The number of likely N-dealkylation sites (N-methyl/N-ethyl adjacent to an activating group) is 1. The highest BCUT2D eigenvalue weighted by Crippen LogP contribution is 2.39. The molecule has 4 N–H and O–H groups in total. The van der Waals surface area contributed by atoms with Crippen LogP contribution in [0.4, 0.5) is 5.69 Å². The van der Waals surface area contributed by atoms with Gasteiger partial charge in [-0.1, -0.05) is 69.9 Å². The van der Waals surface area contributed by atoms with E-state index in [-0.39, 0.29) is 15.6 Å². The zero-order valence-electron chi connectivity index (χ0n) is 24.6. The molecule has 0 aliphatic heterocycles. The number of nitrogens with zero attached hydrogens (tertiary/aromatic N) is 1. The summed E-state index contributed by atoms with van der Waals surface area (Å²) in [6.07, 6.45) is 8.53. The Bertz CT molecular complexity index is 1160. The maximum atomic E-state index is 12.5. The lowest BCUT2D eigenvalue weighted by Gasteiger charge is -2.22. The number of methoxy groups -OCH3 is 1. The number of aliphatic hydroxyl groups is 1. The minimum Gasteiger partial charge on any atom is -0.398 e. The second-order valence-corrected chi connectivity index (χ2v) is 9.45. The van der Waals surface area contributed by atoms with Crippen LogP contribution in [0, 0.1) is 6.92 Å². The number of aryl methyl sites for hydroxylation is 1. The maximum absolute atomic E-state index is 12.5. The Morgan fingerprint density at radius 1 is 1.15 bits per heavy atom. The number of carbonyl (C=O) groups excluding carboxylic acids is 1. The number of nitrogens with one attached hydrogen (secondary N) is 1. The van der Waals surface area contributed by atoms with E-state index in [2.05, 4.69) is 50.0 Å². The molecule has 0 aliphatic rings. The molecular weight excluding hydrogens is 486 g/mol. The first-order valence-electron chi connectivity index (χ1n) is 13.4. The van der Waals surface area contributed by atoms with E-state index in [9.17, 15) is 4.79 Å². The van der Waals surface area contributed by atoms with Crippen molar-refractivity contribution in [2.24, 2.45) is 0 Å². The van der Waals surface area contributed by atoms with Crippen molar-refractivity contribution in [2.45, 2.75) is 40.0 Å². The summed E-state index contributed by atoms with van der Waals surface area (Å²) in [5.74, 6) is -0.0593. The number of hydrogen-bond acceptors (Lipinski definition) is 5. The van der Waals surface area contributed by atoms with Crippen LogP contribution in [0.2, 0.25) is 0 Å². The quantitative estimate of drug-likeness (QED) is 0.148. The van der Waals surface area contributed by atoms with Gasteiger partial charge < -0.3 is 25.8 Å². The number of aliphatic hydroxyl groups excluding tert-OH is 1. The van der Waals surface area contributed by atoms with Crippen LogP contribution in [-0.2, 0) is 4.74 Å². The summed E-state index contributed by atoms with van der Waals surface area (Å²) >= 11 is 0. The third-order valence-corrected chi connectivity index (χ3v) is 6.24. The highest BCUT2D eigenvalue weighted by atomic mass is 16.6. The van der Waals surface area contributed by atoms with Crippen LogP contribution >= 0.6 is 0 Å². The molecule has 2 aromatic rings. The Morgan fingerprint density at radius 2 is 1.77 bits per heavy atom. The lowest BCUT2D eigenvalue weighted by Crippen LogP contribution is -2.31. The Labute approximate surface area is 238 Å². The Kier molecular flexibility index (Phi) is 15.5. The van der Waals surface area contributed by atoms with Crippen LogP contribution in [-0.4, -0.2) is 57.0 Å². The van der Waals surface area contributed by atoms with Gasteiger partial charge in [0.25, 0.3) is 5.91 Å². The van der Waals surface area contributed by atoms with Crippen LogP contribution in [0.1, 0.15) is 68.6 Å². The molecule has 216 valence electrons.